The van der Waals surface area contributed by atoms with Gasteiger partial charge >= 0.3 is 0 Å². The maximum atomic E-state index is 12.7. The molecule has 2 fully saturated rings. The summed E-state index contributed by atoms with van der Waals surface area (Å²) in [4.78, 5) is 34.8. The van der Waals surface area contributed by atoms with Gasteiger partial charge in [0.25, 0.3) is 5.91 Å². The number of piperidine rings is 1. The molecule has 0 radical (unpaired) electrons. The number of aromatic amines is 1. The Morgan fingerprint density at radius 1 is 1.06 bits per heavy atom. The molecular formula is C25H34N4O2. The SMILES string of the molecule is CN(Cc1ccccc1)CC1CCN(CC(=O)c2c[nH]c(C(=O)N3CCCC3)c2)CC1. The molecule has 0 saturated carbocycles. The molecule has 1 aromatic heterocycles. The molecule has 166 valence electrons. The van der Waals surface area contributed by atoms with Crippen LogP contribution in [0.1, 0.15) is 52.1 Å². The molecule has 0 atom stereocenters. The Hall–Kier alpha value is -2.44. The van der Waals surface area contributed by atoms with Crippen LogP contribution >= 0.6 is 0 Å². The highest BCUT2D eigenvalue weighted by Gasteiger charge is 2.24. The van der Waals surface area contributed by atoms with Crippen LogP contribution in [0.5, 0.6) is 0 Å². The summed E-state index contributed by atoms with van der Waals surface area (Å²) in [5, 5.41) is 0. The van der Waals surface area contributed by atoms with Crippen molar-refractivity contribution in [1.29, 1.82) is 0 Å². The van der Waals surface area contributed by atoms with Gasteiger partial charge in [0, 0.05) is 37.9 Å². The van der Waals surface area contributed by atoms with Gasteiger partial charge in [-0.05, 0) is 63.4 Å². The number of ketones is 1. The van der Waals surface area contributed by atoms with Gasteiger partial charge in [-0.2, -0.15) is 0 Å². The molecule has 3 heterocycles. The number of nitrogens with one attached hydrogen (secondary N) is 1. The van der Waals surface area contributed by atoms with E-state index in [2.05, 4.69) is 52.2 Å². The summed E-state index contributed by atoms with van der Waals surface area (Å²) in [6, 6.07) is 12.3. The van der Waals surface area contributed by atoms with Crippen LogP contribution in [0.4, 0.5) is 0 Å². The predicted molar refractivity (Wildman–Crippen MR) is 122 cm³/mol. The number of Topliss-reactive ketones (excluding diaryl/α,β-unsaturated/α-hetero) is 1. The number of hydrogen-bond donors (Lipinski definition) is 1. The molecule has 1 aromatic carbocycles. The third-order valence-corrected chi connectivity index (χ3v) is 6.57. The van der Waals surface area contributed by atoms with Crippen molar-refractivity contribution >= 4 is 11.7 Å². The summed E-state index contributed by atoms with van der Waals surface area (Å²) < 4.78 is 0. The first-order chi connectivity index (χ1) is 15.1. The Morgan fingerprint density at radius 2 is 1.77 bits per heavy atom. The van der Waals surface area contributed by atoms with Gasteiger partial charge in [-0.15, -0.1) is 0 Å². The summed E-state index contributed by atoms with van der Waals surface area (Å²) in [6.45, 7) is 6.05. The minimum absolute atomic E-state index is 0.0111. The number of amides is 1. The zero-order valence-electron chi connectivity index (χ0n) is 18.6. The van der Waals surface area contributed by atoms with Crippen LogP contribution in [0.25, 0.3) is 0 Å². The van der Waals surface area contributed by atoms with Crippen LogP contribution in [-0.4, -0.2) is 77.7 Å². The van der Waals surface area contributed by atoms with E-state index >= 15 is 0 Å². The number of carbonyl (C=O) groups is 2. The summed E-state index contributed by atoms with van der Waals surface area (Å²) >= 11 is 0. The number of hydrogen-bond acceptors (Lipinski definition) is 4. The zero-order valence-corrected chi connectivity index (χ0v) is 18.6. The van der Waals surface area contributed by atoms with Crippen molar-refractivity contribution < 1.29 is 9.59 Å². The molecule has 1 amide bonds. The van der Waals surface area contributed by atoms with E-state index in [1.807, 2.05) is 4.90 Å². The van der Waals surface area contributed by atoms with Crippen molar-refractivity contribution in [3.05, 3.63) is 59.4 Å². The highest BCUT2D eigenvalue weighted by atomic mass is 16.2. The number of H-pyrrole nitrogens is 1. The lowest BCUT2D eigenvalue weighted by Crippen LogP contribution is -2.40. The van der Waals surface area contributed by atoms with Crippen molar-refractivity contribution in [2.45, 2.75) is 32.2 Å². The van der Waals surface area contributed by atoms with Gasteiger partial charge in [0.05, 0.1) is 6.54 Å². The molecule has 2 aromatic rings. The van der Waals surface area contributed by atoms with Gasteiger partial charge in [0.15, 0.2) is 5.78 Å². The Kier molecular flexibility index (Phi) is 7.20. The van der Waals surface area contributed by atoms with Crippen molar-refractivity contribution in [3.8, 4) is 0 Å². The fourth-order valence-electron chi connectivity index (χ4n) is 4.79. The average Bonchev–Trinajstić information content (AvgIpc) is 3.48. The van der Waals surface area contributed by atoms with Gasteiger partial charge in [-0.3, -0.25) is 14.5 Å². The van der Waals surface area contributed by atoms with E-state index in [0.717, 1.165) is 65.0 Å². The number of rotatable bonds is 8. The molecule has 6 nitrogen and oxygen atoms in total. The van der Waals surface area contributed by atoms with E-state index < -0.39 is 0 Å². The lowest BCUT2D eigenvalue weighted by Gasteiger charge is -2.33. The Morgan fingerprint density at radius 3 is 2.48 bits per heavy atom. The minimum Gasteiger partial charge on any atom is -0.356 e. The van der Waals surface area contributed by atoms with Crippen LogP contribution < -0.4 is 0 Å². The molecule has 2 saturated heterocycles. The van der Waals surface area contributed by atoms with Gasteiger partial charge in [0.1, 0.15) is 5.69 Å². The topological polar surface area (TPSA) is 59.7 Å². The van der Waals surface area contributed by atoms with E-state index in [9.17, 15) is 9.59 Å². The number of carbonyl (C=O) groups excluding carboxylic acids is 2. The van der Waals surface area contributed by atoms with E-state index in [-0.39, 0.29) is 11.7 Å². The summed E-state index contributed by atoms with van der Waals surface area (Å²) in [6.07, 6.45) is 6.07. The standard InChI is InChI=1S/C25H34N4O2/c1-27(17-20-7-3-2-4-8-20)18-21-9-13-28(14-10-21)19-24(30)22-15-23(26-16-22)25(31)29-11-5-6-12-29/h2-4,7-8,15-16,21,26H,5-6,9-14,17-19H2,1H3. The van der Waals surface area contributed by atoms with Gasteiger partial charge in [-0.25, -0.2) is 0 Å². The molecule has 4 rings (SSSR count). The van der Waals surface area contributed by atoms with Gasteiger partial charge < -0.3 is 14.8 Å². The highest BCUT2D eigenvalue weighted by molar-refractivity contribution is 6.01. The molecule has 0 unspecified atom stereocenters. The van der Waals surface area contributed by atoms with Crippen molar-refractivity contribution in [1.82, 2.24) is 19.7 Å². The number of aromatic nitrogens is 1. The molecule has 2 aliphatic rings. The third kappa shape index (κ3) is 5.83. The van der Waals surface area contributed by atoms with Crippen LogP contribution in [0.3, 0.4) is 0 Å². The Balaban J connectivity index is 1.21. The van der Waals surface area contributed by atoms with E-state index in [1.165, 1.54) is 5.56 Å². The largest absolute Gasteiger partial charge is 0.356 e. The summed E-state index contributed by atoms with van der Waals surface area (Å²) in [5.74, 6) is 0.783. The quantitative estimate of drug-likeness (QED) is 0.664. The molecular weight excluding hydrogens is 388 g/mol. The molecule has 0 aliphatic carbocycles. The molecule has 2 aliphatic heterocycles. The molecule has 1 N–H and O–H groups in total. The molecule has 6 heteroatoms. The number of likely N-dealkylation sites (tertiary alicyclic amines) is 2. The van der Waals surface area contributed by atoms with Crippen molar-refractivity contribution in [3.63, 3.8) is 0 Å². The first kappa shape index (κ1) is 21.8. The van der Waals surface area contributed by atoms with Crippen LogP contribution in [0.15, 0.2) is 42.6 Å². The lowest BCUT2D eigenvalue weighted by atomic mass is 9.95. The molecule has 0 bridgehead atoms. The summed E-state index contributed by atoms with van der Waals surface area (Å²) in [5.41, 5.74) is 2.50. The minimum atomic E-state index is 0.0111. The lowest BCUT2D eigenvalue weighted by molar-refractivity contribution is 0.0787. The second kappa shape index (κ2) is 10.2. The molecule has 0 spiro atoms. The molecule has 31 heavy (non-hydrogen) atoms. The van der Waals surface area contributed by atoms with Gasteiger partial charge in [0.2, 0.25) is 0 Å². The van der Waals surface area contributed by atoms with Crippen LogP contribution in [-0.2, 0) is 6.54 Å². The monoisotopic (exact) mass is 422 g/mol. The normalized spacial score (nSPS) is 18.1. The second-order valence-electron chi connectivity index (χ2n) is 9.13. The van der Waals surface area contributed by atoms with E-state index in [4.69, 9.17) is 0 Å². The average molecular weight is 423 g/mol. The first-order valence-corrected chi connectivity index (χ1v) is 11.5. The first-order valence-electron chi connectivity index (χ1n) is 11.5. The van der Waals surface area contributed by atoms with Crippen LogP contribution in [0, 0.1) is 5.92 Å². The fraction of sp³-hybridized carbons (Fsp3) is 0.520. The van der Waals surface area contributed by atoms with Gasteiger partial charge in [-0.1, -0.05) is 30.3 Å². The van der Waals surface area contributed by atoms with E-state index in [1.54, 1.807) is 12.3 Å². The number of benzene rings is 1. The fourth-order valence-corrected chi connectivity index (χ4v) is 4.79. The summed E-state index contributed by atoms with van der Waals surface area (Å²) in [7, 11) is 2.19. The number of nitrogens with zero attached hydrogens (tertiary/aromatic N) is 3. The van der Waals surface area contributed by atoms with Crippen molar-refractivity contribution in [2.24, 2.45) is 5.92 Å². The third-order valence-electron chi connectivity index (χ3n) is 6.57. The van der Waals surface area contributed by atoms with Crippen molar-refractivity contribution in [2.75, 3.05) is 46.3 Å². The predicted octanol–water partition coefficient (Wildman–Crippen LogP) is 3.28. The maximum absolute atomic E-state index is 12.7. The smallest absolute Gasteiger partial charge is 0.270 e. The van der Waals surface area contributed by atoms with E-state index in [0.29, 0.717) is 23.7 Å². The maximum Gasteiger partial charge on any atom is 0.270 e. The Bertz CT molecular complexity index is 865. The highest BCUT2D eigenvalue weighted by Crippen LogP contribution is 2.20. The second-order valence-corrected chi connectivity index (χ2v) is 9.13. The Labute approximate surface area is 185 Å². The zero-order chi connectivity index (χ0) is 21.6. The van der Waals surface area contributed by atoms with Crippen LogP contribution in [0.2, 0.25) is 0 Å².